The van der Waals surface area contributed by atoms with E-state index in [0.29, 0.717) is 13.0 Å². The number of carbonyl (C=O) groups excluding carboxylic acids is 1. The van der Waals surface area contributed by atoms with Crippen molar-refractivity contribution in [1.29, 1.82) is 0 Å². The maximum Gasteiger partial charge on any atom is 0.171 e. The van der Waals surface area contributed by atoms with Gasteiger partial charge < -0.3 is 4.74 Å². The van der Waals surface area contributed by atoms with Crippen LogP contribution in [0.2, 0.25) is 5.02 Å². The Balaban J connectivity index is 2.32. The Labute approximate surface area is 96.2 Å². The van der Waals surface area contributed by atoms with Crippen molar-refractivity contribution in [1.82, 2.24) is 0 Å². The van der Waals surface area contributed by atoms with Gasteiger partial charge in [-0.15, -0.1) is 0 Å². The van der Waals surface area contributed by atoms with Gasteiger partial charge in [-0.2, -0.15) is 0 Å². The summed E-state index contributed by atoms with van der Waals surface area (Å²) in [5.41, 5.74) is -0.252. The van der Waals surface area contributed by atoms with Crippen LogP contribution in [0.5, 0.6) is 0 Å². The summed E-state index contributed by atoms with van der Waals surface area (Å²) in [7, 11) is 0. The molecule has 5 heteroatoms. The molecule has 0 aliphatic carbocycles. The molecule has 0 saturated carbocycles. The van der Waals surface area contributed by atoms with Crippen molar-refractivity contribution in [3.8, 4) is 0 Å². The molecule has 1 saturated heterocycles. The normalized spacial score (nSPS) is 20.1. The molecule has 1 heterocycles. The van der Waals surface area contributed by atoms with Crippen molar-refractivity contribution in [3.63, 3.8) is 0 Å². The molecule has 0 N–H and O–H groups in total. The molecule has 2 nitrogen and oxygen atoms in total. The number of hydrogen-bond acceptors (Lipinski definition) is 2. The van der Waals surface area contributed by atoms with E-state index in [4.69, 9.17) is 16.3 Å². The number of carbonyl (C=O) groups is 1. The van der Waals surface area contributed by atoms with Crippen LogP contribution in [0.3, 0.4) is 0 Å². The quantitative estimate of drug-likeness (QED) is 0.593. The summed E-state index contributed by atoms with van der Waals surface area (Å²) in [4.78, 5) is 11.8. The second kappa shape index (κ2) is 4.47. The van der Waals surface area contributed by atoms with Crippen LogP contribution in [0.25, 0.3) is 0 Å². The van der Waals surface area contributed by atoms with Gasteiger partial charge in [0.05, 0.1) is 17.2 Å². The Morgan fingerprint density at radius 3 is 2.75 bits per heavy atom. The minimum atomic E-state index is -0.789. The zero-order valence-corrected chi connectivity index (χ0v) is 9.06. The number of Topliss-reactive ketones (excluding diaryl/α,β-unsaturated/α-hetero) is 1. The third-order valence-corrected chi connectivity index (χ3v) is 2.87. The molecule has 0 amide bonds. The van der Waals surface area contributed by atoms with Crippen molar-refractivity contribution in [2.45, 2.75) is 6.42 Å². The van der Waals surface area contributed by atoms with Gasteiger partial charge in [-0.25, -0.2) is 8.78 Å². The van der Waals surface area contributed by atoms with E-state index >= 15 is 0 Å². The first kappa shape index (κ1) is 11.5. The van der Waals surface area contributed by atoms with Gasteiger partial charge >= 0.3 is 0 Å². The Morgan fingerprint density at radius 1 is 1.38 bits per heavy atom. The van der Waals surface area contributed by atoms with E-state index in [1.807, 2.05) is 0 Å². The Kier molecular flexibility index (Phi) is 3.21. The maximum absolute atomic E-state index is 13.4. The predicted octanol–water partition coefficient (Wildman–Crippen LogP) is 2.84. The predicted molar refractivity (Wildman–Crippen MR) is 54.6 cm³/mol. The molecule has 2 rings (SSSR count). The highest BCUT2D eigenvalue weighted by atomic mass is 35.5. The lowest BCUT2D eigenvalue weighted by atomic mass is 9.96. The molecule has 0 bridgehead atoms. The standard InChI is InChI=1S/C11H9ClF2O2/c12-8-4-9(13)7(3-10(8)14)11(15)6-1-2-16-5-6/h3-4,6H,1-2,5H2. The third kappa shape index (κ3) is 2.08. The summed E-state index contributed by atoms with van der Waals surface area (Å²) in [6.45, 7) is 0.747. The van der Waals surface area contributed by atoms with Crippen LogP contribution >= 0.6 is 11.6 Å². The highest BCUT2D eigenvalue weighted by Crippen LogP contribution is 2.24. The summed E-state index contributed by atoms with van der Waals surface area (Å²) in [5.74, 6) is -2.38. The molecule has 16 heavy (non-hydrogen) atoms. The lowest BCUT2D eigenvalue weighted by Crippen LogP contribution is -2.16. The van der Waals surface area contributed by atoms with Crippen molar-refractivity contribution >= 4 is 17.4 Å². The van der Waals surface area contributed by atoms with Gasteiger partial charge in [0.1, 0.15) is 11.6 Å². The van der Waals surface area contributed by atoms with Gasteiger partial charge in [-0.1, -0.05) is 11.6 Å². The topological polar surface area (TPSA) is 26.3 Å². The molecule has 1 aromatic carbocycles. The molecule has 1 unspecified atom stereocenters. The van der Waals surface area contributed by atoms with Crippen LogP contribution in [0.4, 0.5) is 8.78 Å². The van der Waals surface area contributed by atoms with Crippen molar-refractivity contribution < 1.29 is 18.3 Å². The number of halogens is 3. The van der Waals surface area contributed by atoms with Crippen LogP contribution in [-0.2, 0) is 4.74 Å². The number of ether oxygens (including phenoxy) is 1. The highest BCUT2D eigenvalue weighted by Gasteiger charge is 2.27. The van der Waals surface area contributed by atoms with Crippen LogP contribution in [0.1, 0.15) is 16.8 Å². The first-order chi connectivity index (χ1) is 7.59. The van der Waals surface area contributed by atoms with Crippen LogP contribution in [0.15, 0.2) is 12.1 Å². The second-order valence-corrected chi connectivity index (χ2v) is 4.08. The van der Waals surface area contributed by atoms with E-state index in [2.05, 4.69) is 0 Å². The molecule has 1 atom stereocenters. The molecule has 1 fully saturated rings. The monoisotopic (exact) mass is 246 g/mol. The van der Waals surface area contributed by atoms with Crippen LogP contribution in [-0.4, -0.2) is 19.0 Å². The summed E-state index contributed by atoms with van der Waals surface area (Å²) in [6, 6.07) is 1.66. The lowest BCUT2D eigenvalue weighted by Gasteiger charge is -2.08. The first-order valence-electron chi connectivity index (χ1n) is 4.86. The lowest BCUT2D eigenvalue weighted by molar-refractivity contribution is 0.0895. The number of hydrogen-bond donors (Lipinski definition) is 0. The molecule has 86 valence electrons. The van der Waals surface area contributed by atoms with Crippen molar-refractivity contribution in [2.24, 2.45) is 5.92 Å². The Hall–Kier alpha value is -1.00. The van der Waals surface area contributed by atoms with Gasteiger partial charge in [0.25, 0.3) is 0 Å². The van der Waals surface area contributed by atoms with E-state index < -0.39 is 17.4 Å². The maximum atomic E-state index is 13.4. The molecule has 0 aromatic heterocycles. The summed E-state index contributed by atoms with van der Waals surface area (Å²) in [5, 5.41) is -0.322. The fourth-order valence-electron chi connectivity index (χ4n) is 1.67. The zero-order chi connectivity index (χ0) is 11.7. The molecule has 0 radical (unpaired) electrons. The van der Waals surface area contributed by atoms with Crippen LogP contribution in [0, 0.1) is 17.6 Å². The number of benzene rings is 1. The summed E-state index contributed by atoms with van der Waals surface area (Å²) in [6.07, 6.45) is 0.544. The van der Waals surface area contributed by atoms with E-state index in [1.54, 1.807) is 0 Å². The number of rotatable bonds is 2. The average molecular weight is 247 g/mol. The fourth-order valence-corrected chi connectivity index (χ4v) is 1.82. The molecule has 1 aromatic rings. The first-order valence-corrected chi connectivity index (χ1v) is 5.24. The van der Waals surface area contributed by atoms with Crippen molar-refractivity contribution in [3.05, 3.63) is 34.4 Å². The molecular weight excluding hydrogens is 238 g/mol. The fraction of sp³-hybridized carbons (Fsp3) is 0.364. The largest absolute Gasteiger partial charge is 0.381 e. The molecule has 0 spiro atoms. The average Bonchev–Trinajstić information content (AvgIpc) is 2.75. The smallest absolute Gasteiger partial charge is 0.171 e. The van der Waals surface area contributed by atoms with Crippen LogP contribution < -0.4 is 0 Å². The van der Waals surface area contributed by atoms with E-state index in [0.717, 1.165) is 12.1 Å². The Bertz CT molecular complexity index is 428. The van der Waals surface area contributed by atoms with E-state index in [9.17, 15) is 13.6 Å². The SMILES string of the molecule is O=C(c1cc(F)c(Cl)cc1F)C1CCOC1. The van der Waals surface area contributed by atoms with E-state index in [1.165, 1.54) is 0 Å². The molecular formula is C11H9ClF2O2. The molecule has 1 aliphatic heterocycles. The van der Waals surface area contributed by atoms with Gasteiger partial charge in [0, 0.05) is 12.5 Å². The molecule has 1 aliphatic rings. The minimum Gasteiger partial charge on any atom is -0.381 e. The summed E-state index contributed by atoms with van der Waals surface area (Å²) < 4.78 is 31.6. The summed E-state index contributed by atoms with van der Waals surface area (Å²) >= 11 is 5.40. The number of ketones is 1. The van der Waals surface area contributed by atoms with Gasteiger partial charge in [0.15, 0.2) is 5.78 Å². The van der Waals surface area contributed by atoms with Gasteiger partial charge in [-0.3, -0.25) is 4.79 Å². The minimum absolute atomic E-state index is 0.252. The van der Waals surface area contributed by atoms with Gasteiger partial charge in [0.2, 0.25) is 0 Å². The highest BCUT2D eigenvalue weighted by molar-refractivity contribution is 6.30. The second-order valence-electron chi connectivity index (χ2n) is 3.67. The van der Waals surface area contributed by atoms with Crippen molar-refractivity contribution in [2.75, 3.05) is 13.2 Å². The Morgan fingerprint density at radius 2 is 2.12 bits per heavy atom. The van der Waals surface area contributed by atoms with E-state index in [-0.39, 0.29) is 23.1 Å². The zero-order valence-electron chi connectivity index (χ0n) is 8.30. The van der Waals surface area contributed by atoms with Gasteiger partial charge in [-0.05, 0) is 18.6 Å². The third-order valence-electron chi connectivity index (χ3n) is 2.58.